The van der Waals surface area contributed by atoms with Gasteiger partial charge in [0.15, 0.2) is 11.1 Å². The van der Waals surface area contributed by atoms with Crippen molar-refractivity contribution in [3.8, 4) is 17.4 Å². The first kappa shape index (κ1) is 22.1. The molecule has 4 rings (SSSR count). The zero-order valence-corrected chi connectivity index (χ0v) is 17.7. The Labute approximate surface area is 187 Å². The van der Waals surface area contributed by atoms with Gasteiger partial charge in [0, 0.05) is 22.9 Å². The van der Waals surface area contributed by atoms with Crippen LogP contribution in [0, 0.1) is 18.3 Å². The largest absolute Gasteiger partial charge is 0.455 e. The molecule has 5 nitrogen and oxygen atoms in total. The first-order valence-electron chi connectivity index (χ1n) is 10.1. The van der Waals surface area contributed by atoms with Crippen molar-refractivity contribution in [1.82, 2.24) is 4.98 Å². The number of pyridine rings is 1. The number of alkyl halides is 3. The van der Waals surface area contributed by atoms with Gasteiger partial charge in [0.05, 0.1) is 22.7 Å². The molecule has 1 atom stereocenters. The number of aromatic nitrogens is 1. The van der Waals surface area contributed by atoms with Gasteiger partial charge in [-0.3, -0.25) is 4.79 Å². The van der Waals surface area contributed by atoms with Crippen LogP contribution in [0.25, 0.3) is 22.3 Å². The molecule has 0 aliphatic rings. The van der Waals surface area contributed by atoms with Crippen LogP contribution in [-0.4, -0.2) is 4.98 Å². The molecule has 2 heterocycles. The third kappa shape index (κ3) is 4.17. The maximum atomic E-state index is 13.7. The Hall–Kier alpha value is -4.12. The van der Waals surface area contributed by atoms with E-state index in [9.17, 15) is 23.2 Å². The lowest BCUT2D eigenvalue weighted by Gasteiger charge is -2.20. The number of hydrogen-bond donors (Lipinski definition) is 1. The fraction of sp³-hybridized carbons (Fsp3) is 0.160. The summed E-state index contributed by atoms with van der Waals surface area (Å²) >= 11 is 0. The summed E-state index contributed by atoms with van der Waals surface area (Å²) in [5, 5.41) is 12.2. The minimum absolute atomic E-state index is 0.0554. The van der Waals surface area contributed by atoms with Crippen molar-refractivity contribution in [3.63, 3.8) is 0 Å². The molecule has 8 heteroatoms. The molecule has 166 valence electrons. The van der Waals surface area contributed by atoms with Crippen LogP contribution >= 0.6 is 0 Å². The number of fused-ring (bicyclic) bond motifs is 1. The van der Waals surface area contributed by atoms with Gasteiger partial charge in [-0.1, -0.05) is 30.3 Å². The summed E-state index contributed by atoms with van der Waals surface area (Å²) in [5.74, 6) is 0.292. The lowest BCUT2D eigenvalue weighted by Crippen LogP contribution is -2.15. The molecule has 33 heavy (non-hydrogen) atoms. The smallest absolute Gasteiger partial charge is 0.416 e. The zero-order chi connectivity index (χ0) is 23.8. The van der Waals surface area contributed by atoms with Crippen molar-refractivity contribution in [1.29, 1.82) is 5.26 Å². The van der Waals surface area contributed by atoms with Crippen molar-refractivity contribution in [2.24, 2.45) is 0 Å². The quantitative estimate of drug-likeness (QED) is 0.400. The van der Waals surface area contributed by atoms with E-state index >= 15 is 0 Å². The van der Waals surface area contributed by atoms with Gasteiger partial charge in [0.25, 0.3) is 0 Å². The van der Waals surface area contributed by atoms with Crippen molar-refractivity contribution >= 4 is 16.7 Å². The van der Waals surface area contributed by atoms with Crippen LogP contribution < -0.4 is 10.7 Å². The number of nitriles is 1. The Kier molecular flexibility index (Phi) is 5.64. The highest BCUT2D eigenvalue weighted by molar-refractivity contribution is 5.85. The van der Waals surface area contributed by atoms with E-state index in [1.54, 1.807) is 43.3 Å². The molecule has 0 aliphatic heterocycles. The van der Waals surface area contributed by atoms with Gasteiger partial charge in [0.1, 0.15) is 17.4 Å². The highest BCUT2D eigenvalue weighted by Crippen LogP contribution is 2.37. The minimum atomic E-state index is -4.66. The van der Waals surface area contributed by atoms with Gasteiger partial charge < -0.3 is 9.73 Å². The zero-order valence-electron chi connectivity index (χ0n) is 17.7. The molecule has 2 aromatic heterocycles. The van der Waals surface area contributed by atoms with Crippen molar-refractivity contribution in [2.75, 3.05) is 5.32 Å². The topological polar surface area (TPSA) is 78.9 Å². The molecule has 0 fully saturated rings. The van der Waals surface area contributed by atoms with Gasteiger partial charge in [-0.25, -0.2) is 4.98 Å². The van der Waals surface area contributed by atoms with E-state index in [-0.39, 0.29) is 27.8 Å². The highest BCUT2D eigenvalue weighted by Gasteiger charge is 2.33. The van der Waals surface area contributed by atoms with Crippen LogP contribution in [-0.2, 0) is 6.18 Å². The third-order valence-electron chi connectivity index (χ3n) is 5.36. The van der Waals surface area contributed by atoms with Gasteiger partial charge in [-0.15, -0.1) is 0 Å². The summed E-state index contributed by atoms with van der Waals surface area (Å²) in [7, 11) is 0. The monoisotopic (exact) mass is 449 g/mol. The summed E-state index contributed by atoms with van der Waals surface area (Å²) in [6.07, 6.45) is -3.21. The summed E-state index contributed by atoms with van der Waals surface area (Å²) in [6.45, 7) is 3.16. The van der Waals surface area contributed by atoms with E-state index < -0.39 is 23.2 Å². The van der Waals surface area contributed by atoms with Gasteiger partial charge >= 0.3 is 6.18 Å². The highest BCUT2D eigenvalue weighted by atomic mass is 19.4. The van der Waals surface area contributed by atoms with Crippen LogP contribution in [0.2, 0.25) is 0 Å². The standard InChI is InChI=1S/C25H18F3N3O2/c1-14-22(32)19-12-17(25(26,27)28)11-18(15(2)31-20-9-6-10-30-21(20)13-29)24(19)33-23(14)16-7-4-3-5-8-16/h3-12,15,31H,1-2H3/t15-/m1/s1. The predicted octanol–water partition coefficient (Wildman–Crippen LogP) is 6.23. The lowest BCUT2D eigenvalue weighted by atomic mass is 9.98. The van der Waals surface area contributed by atoms with E-state index in [0.717, 1.165) is 12.1 Å². The number of halogens is 3. The first-order chi connectivity index (χ1) is 15.7. The Morgan fingerprint density at radius 3 is 2.52 bits per heavy atom. The fourth-order valence-electron chi connectivity index (χ4n) is 3.69. The van der Waals surface area contributed by atoms with Crippen LogP contribution in [0.15, 0.2) is 70.0 Å². The Bertz CT molecular complexity index is 1440. The van der Waals surface area contributed by atoms with E-state index in [2.05, 4.69) is 10.3 Å². The molecule has 2 aromatic carbocycles. The molecule has 0 aliphatic carbocycles. The number of nitrogens with one attached hydrogen (secondary N) is 1. The van der Waals surface area contributed by atoms with Crippen LogP contribution in [0.5, 0.6) is 0 Å². The Morgan fingerprint density at radius 2 is 1.85 bits per heavy atom. The molecule has 0 amide bonds. The molecule has 0 saturated carbocycles. The summed E-state index contributed by atoms with van der Waals surface area (Å²) in [4.78, 5) is 17.1. The minimum Gasteiger partial charge on any atom is -0.455 e. The number of hydrogen-bond acceptors (Lipinski definition) is 5. The van der Waals surface area contributed by atoms with Crippen molar-refractivity contribution in [2.45, 2.75) is 26.1 Å². The second kappa shape index (κ2) is 8.43. The van der Waals surface area contributed by atoms with Crippen molar-refractivity contribution < 1.29 is 17.6 Å². The third-order valence-corrected chi connectivity index (χ3v) is 5.36. The van der Waals surface area contributed by atoms with E-state index in [1.807, 2.05) is 12.1 Å². The molecule has 0 unspecified atom stereocenters. The average molecular weight is 449 g/mol. The maximum Gasteiger partial charge on any atom is 0.416 e. The van der Waals surface area contributed by atoms with Crippen molar-refractivity contribution in [3.05, 3.63) is 93.4 Å². The second-order valence-electron chi connectivity index (χ2n) is 7.57. The molecule has 0 spiro atoms. The summed E-state index contributed by atoms with van der Waals surface area (Å²) in [5.41, 5.74) is 0.0248. The van der Waals surface area contributed by atoms with E-state index in [4.69, 9.17) is 4.42 Å². The Morgan fingerprint density at radius 1 is 1.12 bits per heavy atom. The van der Waals surface area contributed by atoms with Gasteiger partial charge in [-0.2, -0.15) is 18.4 Å². The molecule has 0 bridgehead atoms. The lowest BCUT2D eigenvalue weighted by molar-refractivity contribution is -0.137. The fourth-order valence-corrected chi connectivity index (χ4v) is 3.69. The molecule has 0 saturated heterocycles. The Balaban J connectivity index is 1.97. The molecular formula is C25H18F3N3O2. The number of rotatable bonds is 4. The SMILES string of the molecule is Cc1c(-c2ccccc2)oc2c([C@@H](C)Nc3cccnc3C#N)cc(C(F)(F)F)cc2c1=O. The number of nitrogens with zero attached hydrogens (tertiary/aromatic N) is 2. The molecule has 4 aromatic rings. The van der Waals surface area contributed by atoms with Gasteiger partial charge in [0.2, 0.25) is 0 Å². The van der Waals surface area contributed by atoms with Crippen LogP contribution in [0.3, 0.4) is 0 Å². The van der Waals surface area contributed by atoms with E-state index in [0.29, 0.717) is 17.0 Å². The molecule has 1 N–H and O–H groups in total. The van der Waals surface area contributed by atoms with Crippen LogP contribution in [0.4, 0.5) is 18.9 Å². The summed E-state index contributed by atoms with van der Waals surface area (Å²) in [6, 6.07) is 15.1. The second-order valence-corrected chi connectivity index (χ2v) is 7.57. The normalized spacial score (nSPS) is 12.4. The molecular weight excluding hydrogens is 431 g/mol. The predicted molar refractivity (Wildman–Crippen MR) is 119 cm³/mol. The first-order valence-corrected chi connectivity index (χ1v) is 10.1. The van der Waals surface area contributed by atoms with E-state index in [1.165, 1.54) is 13.1 Å². The maximum absolute atomic E-state index is 13.7. The van der Waals surface area contributed by atoms with Gasteiger partial charge in [-0.05, 0) is 38.1 Å². The number of benzene rings is 2. The van der Waals surface area contributed by atoms with Crippen LogP contribution in [0.1, 0.15) is 35.3 Å². The summed E-state index contributed by atoms with van der Waals surface area (Å²) < 4.78 is 47.1. The average Bonchev–Trinajstić information content (AvgIpc) is 2.81. The number of anilines is 1. The molecule has 0 radical (unpaired) electrons.